The Morgan fingerprint density at radius 3 is 3.17 bits per heavy atom. The van der Waals surface area contributed by atoms with E-state index in [1.54, 1.807) is 11.3 Å². The maximum atomic E-state index is 11.9. The Kier molecular flexibility index (Phi) is 4.58. The normalized spacial score (nSPS) is 19.9. The molecule has 1 aliphatic rings. The van der Waals surface area contributed by atoms with E-state index in [1.807, 2.05) is 17.2 Å². The maximum absolute atomic E-state index is 11.9. The second-order valence-corrected chi connectivity index (χ2v) is 6.00. The van der Waals surface area contributed by atoms with Gasteiger partial charge in [-0.1, -0.05) is 6.92 Å². The SMILES string of the molecule is Cc1csc(CCNC(=O)N2CCCC(C)C2)n1. The molecule has 1 fully saturated rings. The lowest BCUT2D eigenvalue weighted by molar-refractivity contribution is 0.170. The Balaban J connectivity index is 1.71. The minimum Gasteiger partial charge on any atom is -0.338 e. The quantitative estimate of drug-likeness (QED) is 0.914. The van der Waals surface area contributed by atoms with Crippen molar-refractivity contribution in [3.8, 4) is 0 Å². The molecule has 2 amide bonds. The molecule has 0 aliphatic carbocycles. The van der Waals surface area contributed by atoms with Crippen LogP contribution >= 0.6 is 11.3 Å². The number of piperidine rings is 1. The van der Waals surface area contributed by atoms with Gasteiger partial charge in [0.1, 0.15) is 0 Å². The first kappa shape index (κ1) is 13.3. The van der Waals surface area contributed by atoms with Crippen molar-refractivity contribution < 1.29 is 4.79 Å². The van der Waals surface area contributed by atoms with Crippen LogP contribution in [-0.4, -0.2) is 35.5 Å². The van der Waals surface area contributed by atoms with Crippen LogP contribution in [0.25, 0.3) is 0 Å². The van der Waals surface area contributed by atoms with E-state index in [-0.39, 0.29) is 6.03 Å². The average Bonchev–Trinajstić information content (AvgIpc) is 2.75. The van der Waals surface area contributed by atoms with E-state index in [9.17, 15) is 4.79 Å². The van der Waals surface area contributed by atoms with Crippen LogP contribution in [0.2, 0.25) is 0 Å². The molecule has 18 heavy (non-hydrogen) atoms. The second kappa shape index (κ2) is 6.18. The Hall–Kier alpha value is -1.10. The highest BCUT2D eigenvalue weighted by Crippen LogP contribution is 2.15. The fourth-order valence-corrected chi connectivity index (χ4v) is 3.06. The second-order valence-electron chi connectivity index (χ2n) is 5.06. The molecular formula is C13H21N3OS. The molecule has 1 atom stereocenters. The molecule has 0 aromatic carbocycles. The van der Waals surface area contributed by atoms with E-state index in [0.717, 1.165) is 36.6 Å². The number of hydrogen-bond donors (Lipinski definition) is 1. The van der Waals surface area contributed by atoms with Gasteiger partial charge in [0.15, 0.2) is 0 Å². The number of nitrogens with zero attached hydrogens (tertiary/aromatic N) is 2. The number of rotatable bonds is 3. The highest BCUT2D eigenvalue weighted by Gasteiger charge is 2.20. The predicted molar refractivity (Wildman–Crippen MR) is 73.9 cm³/mol. The lowest BCUT2D eigenvalue weighted by Gasteiger charge is -2.30. The van der Waals surface area contributed by atoms with Crippen molar-refractivity contribution in [1.29, 1.82) is 0 Å². The fraction of sp³-hybridized carbons (Fsp3) is 0.692. The van der Waals surface area contributed by atoms with E-state index < -0.39 is 0 Å². The van der Waals surface area contributed by atoms with Gasteiger partial charge in [-0.15, -0.1) is 11.3 Å². The summed E-state index contributed by atoms with van der Waals surface area (Å²) >= 11 is 1.66. The molecule has 1 aliphatic heterocycles. The largest absolute Gasteiger partial charge is 0.338 e. The van der Waals surface area contributed by atoms with Crippen molar-refractivity contribution in [3.05, 3.63) is 16.1 Å². The number of thiazole rings is 1. The number of carbonyl (C=O) groups excluding carboxylic acids is 1. The van der Waals surface area contributed by atoms with Crippen LogP contribution in [-0.2, 0) is 6.42 Å². The molecule has 0 spiro atoms. The Morgan fingerprint density at radius 1 is 1.67 bits per heavy atom. The van der Waals surface area contributed by atoms with E-state index in [1.165, 1.54) is 6.42 Å². The summed E-state index contributed by atoms with van der Waals surface area (Å²) < 4.78 is 0. The molecule has 2 heterocycles. The third kappa shape index (κ3) is 3.70. The van der Waals surface area contributed by atoms with Crippen LogP contribution in [0, 0.1) is 12.8 Å². The zero-order valence-corrected chi connectivity index (χ0v) is 11.9. The van der Waals surface area contributed by atoms with Gasteiger partial charge in [0.25, 0.3) is 0 Å². The highest BCUT2D eigenvalue weighted by atomic mass is 32.1. The minimum absolute atomic E-state index is 0.0785. The minimum atomic E-state index is 0.0785. The lowest BCUT2D eigenvalue weighted by Crippen LogP contribution is -2.45. The Labute approximate surface area is 112 Å². The van der Waals surface area contributed by atoms with Crippen LogP contribution in [0.15, 0.2) is 5.38 Å². The Bertz CT molecular complexity index is 405. The third-order valence-electron chi connectivity index (χ3n) is 3.23. The zero-order valence-electron chi connectivity index (χ0n) is 11.1. The van der Waals surface area contributed by atoms with Gasteiger partial charge < -0.3 is 10.2 Å². The standard InChI is InChI=1S/C13H21N3OS/c1-10-4-3-7-16(8-10)13(17)14-6-5-12-15-11(2)9-18-12/h9-10H,3-8H2,1-2H3,(H,14,17). The van der Waals surface area contributed by atoms with Gasteiger partial charge in [-0.2, -0.15) is 0 Å². The average molecular weight is 267 g/mol. The monoisotopic (exact) mass is 267 g/mol. The van der Waals surface area contributed by atoms with E-state index in [4.69, 9.17) is 0 Å². The first-order valence-electron chi connectivity index (χ1n) is 6.59. The first-order valence-corrected chi connectivity index (χ1v) is 7.47. The zero-order chi connectivity index (χ0) is 13.0. The molecule has 0 bridgehead atoms. The molecule has 0 radical (unpaired) electrons. The number of likely N-dealkylation sites (tertiary alicyclic amines) is 1. The van der Waals surface area contributed by atoms with Crippen LogP contribution in [0.1, 0.15) is 30.5 Å². The summed E-state index contributed by atoms with van der Waals surface area (Å²) in [7, 11) is 0. The number of aryl methyl sites for hydroxylation is 1. The van der Waals surface area contributed by atoms with Gasteiger partial charge in [0.05, 0.1) is 5.01 Å². The van der Waals surface area contributed by atoms with Crippen molar-refractivity contribution in [2.75, 3.05) is 19.6 Å². The van der Waals surface area contributed by atoms with Gasteiger partial charge in [-0.25, -0.2) is 9.78 Å². The molecule has 1 unspecified atom stereocenters. The smallest absolute Gasteiger partial charge is 0.317 e. The van der Waals surface area contributed by atoms with E-state index in [0.29, 0.717) is 12.5 Å². The summed E-state index contributed by atoms with van der Waals surface area (Å²) in [6.07, 6.45) is 3.19. The van der Waals surface area contributed by atoms with Gasteiger partial charge in [-0.3, -0.25) is 0 Å². The molecule has 100 valence electrons. The van der Waals surface area contributed by atoms with Gasteiger partial charge in [0.2, 0.25) is 0 Å². The molecule has 5 heteroatoms. The summed E-state index contributed by atoms with van der Waals surface area (Å²) in [6.45, 7) is 6.66. The van der Waals surface area contributed by atoms with Crippen LogP contribution in [0.3, 0.4) is 0 Å². The highest BCUT2D eigenvalue weighted by molar-refractivity contribution is 7.09. The topological polar surface area (TPSA) is 45.2 Å². The molecule has 4 nitrogen and oxygen atoms in total. The number of urea groups is 1. The summed E-state index contributed by atoms with van der Waals surface area (Å²) in [5.74, 6) is 0.631. The first-order chi connectivity index (χ1) is 8.65. The van der Waals surface area contributed by atoms with Crippen molar-refractivity contribution >= 4 is 17.4 Å². The van der Waals surface area contributed by atoms with E-state index in [2.05, 4.69) is 17.2 Å². The van der Waals surface area contributed by atoms with Crippen molar-refractivity contribution in [1.82, 2.24) is 15.2 Å². The van der Waals surface area contributed by atoms with Crippen LogP contribution in [0.4, 0.5) is 4.79 Å². The molecule has 1 aromatic rings. The number of carbonyl (C=O) groups is 1. The lowest BCUT2D eigenvalue weighted by atomic mass is 10.0. The van der Waals surface area contributed by atoms with Gasteiger partial charge >= 0.3 is 6.03 Å². The van der Waals surface area contributed by atoms with Crippen molar-refractivity contribution in [2.24, 2.45) is 5.92 Å². The Morgan fingerprint density at radius 2 is 2.50 bits per heavy atom. The van der Waals surface area contributed by atoms with Crippen LogP contribution < -0.4 is 5.32 Å². The molecule has 0 saturated carbocycles. The summed E-state index contributed by atoms with van der Waals surface area (Å²) in [5, 5.41) is 6.13. The van der Waals surface area contributed by atoms with Crippen LogP contribution in [0.5, 0.6) is 0 Å². The molecule has 1 N–H and O–H groups in total. The summed E-state index contributed by atoms with van der Waals surface area (Å²) in [6, 6.07) is 0.0785. The summed E-state index contributed by atoms with van der Waals surface area (Å²) in [5.41, 5.74) is 1.06. The van der Waals surface area contributed by atoms with Gasteiger partial charge in [-0.05, 0) is 25.7 Å². The maximum Gasteiger partial charge on any atom is 0.317 e. The molecule has 1 saturated heterocycles. The fourth-order valence-electron chi connectivity index (χ4n) is 2.28. The van der Waals surface area contributed by atoms with Crippen molar-refractivity contribution in [2.45, 2.75) is 33.1 Å². The third-order valence-corrected chi connectivity index (χ3v) is 4.25. The van der Waals surface area contributed by atoms with E-state index >= 15 is 0 Å². The number of aromatic nitrogens is 1. The van der Waals surface area contributed by atoms with Crippen molar-refractivity contribution in [3.63, 3.8) is 0 Å². The molecule has 1 aromatic heterocycles. The summed E-state index contributed by atoms with van der Waals surface area (Å²) in [4.78, 5) is 18.3. The van der Waals surface area contributed by atoms with Gasteiger partial charge in [0, 0.05) is 37.1 Å². The number of nitrogens with one attached hydrogen (secondary N) is 1. The molecule has 2 rings (SSSR count). The number of hydrogen-bond acceptors (Lipinski definition) is 3. The molecular weight excluding hydrogens is 246 g/mol. The number of amides is 2. The predicted octanol–water partition coefficient (Wildman–Crippen LogP) is 2.44.